The second-order valence-corrected chi connectivity index (χ2v) is 5.19. The highest BCUT2D eigenvalue weighted by Crippen LogP contribution is 2.31. The Kier molecular flexibility index (Phi) is 3.22. The van der Waals surface area contributed by atoms with E-state index in [9.17, 15) is 9.90 Å². The molecular formula is C16H17NO3. The van der Waals surface area contributed by atoms with Crippen LogP contribution in [0.4, 0.5) is 0 Å². The van der Waals surface area contributed by atoms with E-state index in [2.05, 4.69) is 0 Å². The number of aromatic hydroxyl groups is 1. The molecule has 0 bridgehead atoms. The maximum Gasteiger partial charge on any atom is 0.260 e. The van der Waals surface area contributed by atoms with Crippen LogP contribution in [0.2, 0.25) is 0 Å². The van der Waals surface area contributed by atoms with E-state index in [0.717, 1.165) is 23.6 Å². The largest absolute Gasteiger partial charge is 0.504 e. The Morgan fingerprint density at radius 1 is 1.30 bits per heavy atom. The van der Waals surface area contributed by atoms with Gasteiger partial charge in [0.25, 0.3) is 5.91 Å². The van der Waals surface area contributed by atoms with Gasteiger partial charge in [-0.3, -0.25) is 4.79 Å². The van der Waals surface area contributed by atoms with Crippen molar-refractivity contribution in [2.45, 2.75) is 18.9 Å². The van der Waals surface area contributed by atoms with Crippen molar-refractivity contribution in [3.8, 4) is 11.5 Å². The van der Waals surface area contributed by atoms with Crippen molar-refractivity contribution in [2.24, 2.45) is 0 Å². The van der Waals surface area contributed by atoms with Gasteiger partial charge in [0.15, 0.2) is 18.1 Å². The first-order valence-electron chi connectivity index (χ1n) is 6.75. The van der Waals surface area contributed by atoms with E-state index in [1.807, 2.05) is 24.3 Å². The summed E-state index contributed by atoms with van der Waals surface area (Å²) < 4.78 is 5.46. The smallest absolute Gasteiger partial charge is 0.260 e. The molecule has 104 valence electrons. The maximum absolute atomic E-state index is 11.9. The molecule has 2 aromatic carbocycles. The van der Waals surface area contributed by atoms with Gasteiger partial charge in [-0.15, -0.1) is 0 Å². The lowest BCUT2D eigenvalue weighted by molar-refractivity contribution is -0.132. The summed E-state index contributed by atoms with van der Waals surface area (Å²) in [5.74, 6) is 0.354. The first kappa shape index (κ1) is 12.8. The van der Waals surface area contributed by atoms with Gasteiger partial charge < -0.3 is 14.7 Å². The van der Waals surface area contributed by atoms with Crippen molar-refractivity contribution < 1.29 is 14.6 Å². The molecule has 1 aliphatic rings. The van der Waals surface area contributed by atoms with Gasteiger partial charge in [-0.2, -0.15) is 0 Å². The number of likely N-dealkylation sites (N-methyl/N-ethyl adjacent to an activating group) is 1. The lowest BCUT2D eigenvalue weighted by Gasteiger charge is -2.17. The van der Waals surface area contributed by atoms with Crippen LogP contribution in [0.25, 0.3) is 10.8 Å². The maximum atomic E-state index is 11.9. The summed E-state index contributed by atoms with van der Waals surface area (Å²) in [6.45, 7) is -0.0428. The first-order chi connectivity index (χ1) is 9.65. The molecule has 0 spiro atoms. The van der Waals surface area contributed by atoms with Gasteiger partial charge in [-0.25, -0.2) is 0 Å². The molecule has 20 heavy (non-hydrogen) atoms. The van der Waals surface area contributed by atoms with Crippen LogP contribution in [0.3, 0.4) is 0 Å². The number of carbonyl (C=O) groups is 1. The number of amides is 1. The third-order valence-electron chi connectivity index (χ3n) is 3.67. The van der Waals surface area contributed by atoms with Crippen LogP contribution in [0.1, 0.15) is 12.8 Å². The van der Waals surface area contributed by atoms with Gasteiger partial charge in [-0.1, -0.05) is 24.3 Å². The SMILES string of the molecule is CN(C(=O)COc1cc2ccccc2cc1O)C1CC1. The summed E-state index contributed by atoms with van der Waals surface area (Å²) in [5, 5.41) is 11.9. The number of phenols is 1. The third-order valence-corrected chi connectivity index (χ3v) is 3.67. The number of carbonyl (C=O) groups excluding carboxylic acids is 1. The molecule has 0 unspecified atom stereocenters. The minimum atomic E-state index is -0.0555. The number of phenolic OH excluding ortho intramolecular Hbond substituents is 1. The zero-order valence-corrected chi connectivity index (χ0v) is 11.4. The van der Waals surface area contributed by atoms with Crippen LogP contribution in [0.5, 0.6) is 11.5 Å². The van der Waals surface area contributed by atoms with Gasteiger partial charge >= 0.3 is 0 Å². The van der Waals surface area contributed by atoms with Crippen molar-refractivity contribution >= 4 is 16.7 Å². The van der Waals surface area contributed by atoms with E-state index in [1.54, 1.807) is 24.1 Å². The van der Waals surface area contributed by atoms with Gasteiger partial charge in [0, 0.05) is 13.1 Å². The zero-order valence-electron chi connectivity index (χ0n) is 11.4. The molecule has 4 heteroatoms. The van der Waals surface area contributed by atoms with Crippen molar-refractivity contribution in [3.63, 3.8) is 0 Å². The monoisotopic (exact) mass is 271 g/mol. The van der Waals surface area contributed by atoms with Crippen molar-refractivity contribution in [2.75, 3.05) is 13.7 Å². The molecule has 1 fully saturated rings. The summed E-state index contributed by atoms with van der Waals surface area (Å²) in [6.07, 6.45) is 2.15. The summed E-state index contributed by atoms with van der Waals surface area (Å²) in [4.78, 5) is 13.6. The van der Waals surface area contributed by atoms with E-state index in [-0.39, 0.29) is 18.3 Å². The number of rotatable bonds is 4. The van der Waals surface area contributed by atoms with Crippen molar-refractivity contribution in [1.29, 1.82) is 0 Å². The minimum Gasteiger partial charge on any atom is -0.504 e. The number of benzene rings is 2. The molecule has 1 amide bonds. The van der Waals surface area contributed by atoms with E-state index in [0.29, 0.717) is 11.8 Å². The van der Waals surface area contributed by atoms with Crippen LogP contribution < -0.4 is 4.74 Å². The summed E-state index contributed by atoms with van der Waals surface area (Å²) in [6, 6.07) is 11.5. The van der Waals surface area contributed by atoms with Crippen LogP contribution in [-0.4, -0.2) is 35.6 Å². The number of hydrogen-bond donors (Lipinski definition) is 1. The molecule has 1 aliphatic carbocycles. The number of nitrogens with zero attached hydrogens (tertiary/aromatic N) is 1. The first-order valence-corrected chi connectivity index (χ1v) is 6.75. The molecule has 1 saturated carbocycles. The zero-order chi connectivity index (χ0) is 14.1. The Morgan fingerprint density at radius 3 is 2.60 bits per heavy atom. The van der Waals surface area contributed by atoms with E-state index >= 15 is 0 Å². The average molecular weight is 271 g/mol. The molecule has 1 N–H and O–H groups in total. The van der Waals surface area contributed by atoms with Gasteiger partial charge in [0.05, 0.1) is 0 Å². The number of ether oxygens (including phenoxy) is 1. The fourth-order valence-electron chi connectivity index (χ4n) is 2.23. The fourth-order valence-corrected chi connectivity index (χ4v) is 2.23. The summed E-state index contributed by atoms with van der Waals surface area (Å²) in [7, 11) is 1.80. The van der Waals surface area contributed by atoms with Gasteiger partial charge in [-0.05, 0) is 35.7 Å². The predicted molar refractivity (Wildman–Crippen MR) is 76.9 cm³/mol. The second kappa shape index (κ2) is 5.04. The highest BCUT2D eigenvalue weighted by atomic mass is 16.5. The lowest BCUT2D eigenvalue weighted by atomic mass is 10.1. The number of hydrogen-bond acceptors (Lipinski definition) is 3. The Morgan fingerprint density at radius 2 is 1.95 bits per heavy atom. The Hall–Kier alpha value is -2.23. The van der Waals surface area contributed by atoms with Crippen molar-refractivity contribution in [3.05, 3.63) is 36.4 Å². The molecule has 3 rings (SSSR count). The fraction of sp³-hybridized carbons (Fsp3) is 0.312. The third kappa shape index (κ3) is 2.54. The van der Waals surface area contributed by atoms with Gasteiger partial charge in [0.2, 0.25) is 0 Å². The second-order valence-electron chi connectivity index (χ2n) is 5.19. The predicted octanol–water partition coefficient (Wildman–Crippen LogP) is 2.55. The van der Waals surface area contributed by atoms with E-state index in [1.165, 1.54) is 0 Å². The standard InChI is InChI=1S/C16H17NO3/c1-17(13-6-7-13)16(19)10-20-15-9-12-5-3-2-4-11(12)8-14(15)18/h2-5,8-9,13,18H,6-7,10H2,1H3. The quantitative estimate of drug-likeness (QED) is 0.929. The normalized spacial score (nSPS) is 14.2. The molecule has 0 aliphatic heterocycles. The van der Waals surface area contributed by atoms with Crippen LogP contribution in [-0.2, 0) is 4.79 Å². The van der Waals surface area contributed by atoms with Crippen molar-refractivity contribution in [1.82, 2.24) is 4.90 Å². The molecule has 0 radical (unpaired) electrons. The number of fused-ring (bicyclic) bond motifs is 1. The topological polar surface area (TPSA) is 49.8 Å². The molecule has 0 heterocycles. The Labute approximate surface area is 117 Å². The molecule has 0 saturated heterocycles. The molecule has 0 atom stereocenters. The van der Waals surface area contributed by atoms with E-state index < -0.39 is 0 Å². The van der Waals surface area contributed by atoms with E-state index in [4.69, 9.17) is 4.74 Å². The lowest BCUT2D eigenvalue weighted by Crippen LogP contribution is -2.33. The van der Waals surface area contributed by atoms with Crippen LogP contribution in [0, 0.1) is 0 Å². The summed E-state index contributed by atoms with van der Waals surface area (Å²) >= 11 is 0. The highest BCUT2D eigenvalue weighted by Gasteiger charge is 2.29. The molecule has 0 aromatic heterocycles. The summed E-state index contributed by atoms with van der Waals surface area (Å²) in [5.41, 5.74) is 0. The van der Waals surface area contributed by atoms with Crippen LogP contribution >= 0.6 is 0 Å². The minimum absolute atomic E-state index is 0.0428. The highest BCUT2D eigenvalue weighted by molar-refractivity contribution is 5.86. The molecular weight excluding hydrogens is 254 g/mol. The average Bonchev–Trinajstić information content (AvgIpc) is 3.28. The van der Waals surface area contributed by atoms with Gasteiger partial charge in [0.1, 0.15) is 0 Å². The Bertz CT molecular complexity index is 649. The van der Waals surface area contributed by atoms with Crippen LogP contribution in [0.15, 0.2) is 36.4 Å². The molecule has 2 aromatic rings. The Balaban J connectivity index is 1.73. The molecule has 4 nitrogen and oxygen atoms in total.